The molecule has 1 aromatic heterocycles. The van der Waals surface area contributed by atoms with E-state index in [0.717, 1.165) is 12.8 Å². The van der Waals surface area contributed by atoms with Crippen molar-refractivity contribution in [3.63, 3.8) is 0 Å². The molecule has 1 atom stereocenters. The normalized spacial score (nSPS) is 14.0. The first-order chi connectivity index (χ1) is 15.9. The van der Waals surface area contributed by atoms with Gasteiger partial charge in [-0.1, -0.05) is 23.7 Å². The van der Waals surface area contributed by atoms with E-state index in [1.807, 2.05) is 12.1 Å². The van der Waals surface area contributed by atoms with Crippen molar-refractivity contribution in [1.29, 1.82) is 0 Å². The Morgan fingerprint density at radius 2 is 2.00 bits per heavy atom. The highest BCUT2D eigenvalue weighted by Gasteiger charge is 2.28. The molecule has 8 nitrogen and oxygen atoms in total. The summed E-state index contributed by atoms with van der Waals surface area (Å²) in [5, 5.41) is 3.66. The smallest absolute Gasteiger partial charge is 0.307 e. The molecule has 1 N–H and O–H groups in total. The number of carbonyl (C=O) groups is 2. The second-order valence-electron chi connectivity index (χ2n) is 7.92. The van der Waals surface area contributed by atoms with Gasteiger partial charge in [0.05, 0.1) is 30.1 Å². The van der Waals surface area contributed by atoms with E-state index in [2.05, 4.69) is 10.3 Å². The van der Waals surface area contributed by atoms with Gasteiger partial charge in [0, 0.05) is 17.5 Å². The first-order valence-electron chi connectivity index (χ1n) is 10.7. The van der Waals surface area contributed by atoms with Gasteiger partial charge in [-0.05, 0) is 50.1 Å². The number of benzene rings is 2. The molecular formula is C24H24ClN3O5. The molecule has 1 aliphatic carbocycles. The molecule has 2 aromatic carbocycles. The van der Waals surface area contributed by atoms with Crippen LogP contribution in [0.2, 0.25) is 5.02 Å². The SMILES string of the molecule is COc1ccc(Cl)cc1NC(=O)C(C)OC(=O)CCc1nc2ccccc2c(=O)n1C1CC1. The number of amides is 1. The number of fused-ring (bicyclic) bond motifs is 1. The summed E-state index contributed by atoms with van der Waals surface area (Å²) in [5.74, 6) is -0.0753. The molecule has 4 rings (SSSR count). The molecule has 172 valence electrons. The van der Waals surface area contributed by atoms with Crippen LogP contribution in [0.4, 0.5) is 5.69 Å². The number of nitrogens with one attached hydrogen (secondary N) is 1. The van der Waals surface area contributed by atoms with Gasteiger partial charge in [-0.2, -0.15) is 0 Å². The Labute approximate surface area is 195 Å². The number of anilines is 1. The number of carbonyl (C=O) groups excluding carboxylic acids is 2. The van der Waals surface area contributed by atoms with Crippen LogP contribution in [0.5, 0.6) is 5.75 Å². The zero-order valence-electron chi connectivity index (χ0n) is 18.3. The summed E-state index contributed by atoms with van der Waals surface area (Å²) in [7, 11) is 1.48. The Morgan fingerprint density at radius 1 is 1.24 bits per heavy atom. The molecule has 1 fully saturated rings. The van der Waals surface area contributed by atoms with E-state index in [0.29, 0.717) is 33.2 Å². The van der Waals surface area contributed by atoms with Crippen molar-refractivity contribution in [3.05, 3.63) is 63.7 Å². The lowest BCUT2D eigenvalue weighted by molar-refractivity contribution is -0.153. The second-order valence-corrected chi connectivity index (χ2v) is 8.35. The van der Waals surface area contributed by atoms with Gasteiger partial charge in [0.1, 0.15) is 11.6 Å². The van der Waals surface area contributed by atoms with E-state index in [1.165, 1.54) is 14.0 Å². The first-order valence-corrected chi connectivity index (χ1v) is 11.1. The maximum Gasteiger partial charge on any atom is 0.307 e. The van der Waals surface area contributed by atoms with Gasteiger partial charge in [0.15, 0.2) is 6.10 Å². The number of para-hydroxylation sites is 1. The highest BCUT2D eigenvalue weighted by atomic mass is 35.5. The molecule has 3 aromatic rings. The Bertz CT molecular complexity index is 1270. The Balaban J connectivity index is 1.41. The molecule has 0 radical (unpaired) electrons. The number of halogens is 1. The number of ether oxygens (including phenoxy) is 2. The van der Waals surface area contributed by atoms with Crippen LogP contribution in [0.15, 0.2) is 47.3 Å². The zero-order chi connectivity index (χ0) is 23.5. The molecular weight excluding hydrogens is 446 g/mol. The van der Waals surface area contributed by atoms with E-state index < -0.39 is 18.0 Å². The zero-order valence-corrected chi connectivity index (χ0v) is 19.1. The van der Waals surface area contributed by atoms with Crippen LogP contribution in [-0.4, -0.2) is 34.6 Å². The fourth-order valence-electron chi connectivity index (χ4n) is 3.61. The topological polar surface area (TPSA) is 99.5 Å². The van der Waals surface area contributed by atoms with Crippen LogP contribution in [0.25, 0.3) is 10.9 Å². The minimum atomic E-state index is -1.03. The van der Waals surface area contributed by atoms with Gasteiger partial charge in [0.25, 0.3) is 11.5 Å². The average molecular weight is 470 g/mol. The number of hydrogen-bond donors (Lipinski definition) is 1. The lowest BCUT2D eigenvalue weighted by Gasteiger charge is -2.16. The monoisotopic (exact) mass is 469 g/mol. The average Bonchev–Trinajstić information content (AvgIpc) is 3.63. The summed E-state index contributed by atoms with van der Waals surface area (Å²) in [4.78, 5) is 42.5. The van der Waals surface area contributed by atoms with Crippen molar-refractivity contribution in [2.45, 2.75) is 44.8 Å². The minimum absolute atomic E-state index is 0.00436. The Morgan fingerprint density at radius 3 is 2.73 bits per heavy atom. The lowest BCUT2D eigenvalue weighted by Crippen LogP contribution is -2.30. The summed E-state index contributed by atoms with van der Waals surface area (Å²) in [6.45, 7) is 1.48. The van der Waals surface area contributed by atoms with Crippen molar-refractivity contribution >= 4 is 40.1 Å². The van der Waals surface area contributed by atoms with Crippen molar-refractivity contribution in [2.24, 2.45) is 0 Å². The summed E-state index contributed by atoms with van der Waals surface area (Å²) < 4.78 is 12.2. The molecule has 0 spiro atoms. The van der Waals surface area contributed by atoms with E-state index in [9.17, 15) is 14.4 Å². The van der Waals surface area contributed by atoms with Crippen molar-refractivity contribution < 1.29 is 19.1 Å². The molecule has 1 aliphatic rings. The maximum absolute atomic E-state index is 12.9. The fourth-order valence-corrected chi connectivity index (χ4v) is 3.79. The molecule has 1 saturated carbocycles. The molecule has 9 heteroatoms. The van der Waals surface area contributed by atoms with Crippen LogP contribution in [-0.2, 0) is 20.7 Å². The van der Waals surface area contributed by atoms with Gasteiger partial charge in [-0.15, -0.1) is 0 Å². The van der Waals surface area contributed by atoms with Crippen molar-refractivity contribution in [1.82, 2.24) is 9.55 Å². The maximum atomic E-state index is 12.9. The van der Waals surface area contributed by atoms with Gasteiger partial charge in [0.2, 0.25) is 0 Å². The highest BCUT2D eigenvalue weighted by molar-refractivity contribution is 6.31. The number of rotatable bonds is 8. The number of aromatic nitrogens is 2. The van der Waals surface area contributed by atoms with Crippen LogP contribution >= 0.6 is 11.6 Å². The number of methoxy groups -OCH3 is 1. The fraction of sp³-hybridized carbons (Fsp3) is 0.333. The first kappa shape index (κ1) is 22.8. The number of nitrogens with zero attached hydrogens (tertiary/aromatic N) is 2. The third kappa shape index (κ3) is 5.17. The lowest BCUT2D eigenvalue weighted by atomic mass is 10.2. The molecule has 33 heavy (non-hydrogen) atoms. The number of esters is 1. The van der Waals surface area contributed by atoms with Crippen molar-refractivity contribution in [3.8, 4) is 5.75 Å². The molecule has 0 aliphatic heterocycles. The number of aryl methyl sites for hydroxylation is 1. The largest absolute Gasteiger partial charge is 0.495 e. The summed E-state index contributed by atoms with van der Waals surface area (Å²) >= 11 is 5.99. The van der Waals surface area contributed by atoms with Crippen LogP contribution in [0, 0.1) is 0 Å². The Hall–Kier alpha value is -3.39. The van der Waals surface area contributed by atoms with Gasteiger partial charge >= 0.3 is 5.97 Å². The molecule has 1 amide bonds. The van der Waals surface area contributed by atoms with Crippen LogP contribution in [0.1, 0.15) is 38.1 Å². The predicted octanol–water partition coefficient (Wildman–Crippen LogP) is 3.90. The van der Waals surface area contributed by atoms with Crippen molar-refractivity contribution in [2.75, 3.05) is 12.4 Å². The van der Waals surface area contributed by atoms with Crippen LogP contribution < -0.4 is 15.6 Å². The van der Waals surface area contributed by atoms with E-state index >= 15 is 0 Å². The minimum Gasteiger partial charge on any atom is -0.495 e. The standard InChI is InChI=1S/C24H24ClN3O5/c1-14(23(30)27-19-13-15(25)7-10-20(19)32-2)33-22(29)12-11-21-26-18-6-4-3-5-17(18)24(31)28(21)16-8-9-16/h3-7,10,13-14,16H,8-9,11-12H2,1-2H3,(H,27,30). The van der Waals surface area contributed by atoms with E-state index in [1.54, 1.807) is 34.9 Å². The Kier molecular flexibility index (Phi) is 6.65. The van der Waals surface area contributed by atoms with E-state index in [4.69, 9.17) is 21.1 Å². The van der Waals surface area contributed by atoms with Gasteiger partial charge in [-0.3, -0.25) is 19.0 Å². The highest BCUT2D eigenvalue weighted by Crippen LogP contribution is 2.35. The van der Waals surface area contributed by atoms with Gasteiger partial charge < -0.3 is 14.8 Å². The molecule has 0 bridgehead atoms. The third-order valence-corrected chi connectivity index (χ3v) is 5.68. The molecule has 1 heterocycles. The number of hydrogen-bond acceptors (Lipinski definition) is 6. The third-order valence-electron chi connectivity index (χ3n) is 5.44. The summed E-state index contributed by atoms with van der Waals surface area (Å²) in [6.07, 6.45) is 1.04. The van der Waals surface area contributed by atoms with Gasteiger partial charge in [-0.25, -0.2) is 4.98 Å². The summed E-state index contributed by atoms with van der Waals surface area (Å²) in [6, 6.07) is 12.1. The van der Waals surface area contributed by atoms with E-state index in [-0.39, 0.29) is 24.4 Å². The molecule has 1 unspecified atom stereocenters. The molecule has 0 saturated heterocycles. The quantitative estimate of drug-likeness (QED) is 0.502. The second kappa shape index (κ2) is 9.62. The predicted molar refractivity (Wildman–Crippen MR) is 125 cm³/mol. The van der Waals surface area contributed by atoms with Crippen LogP contribution in [0.3, 0.4) is 0 Å². The summed E-state index contributed by atoms with van der Waals surface area (Å²) in [5.41, 5.74) is 0.896.